The summed E-state index contributed by atoms with van der Waals surface area (Å²) in [5.74, 6) is -1.75. The van der Waals surface area contributed by atoms with Gasteiger partial charge in [0.05, 0.1) is 22.7 Å². The third-order valence-electron chi connectivity index (χ3n) is 4.90. The maximum atomic E-state index is 13.3. The van der Waals surface area contributed by atoms with Gasteiger partial charge in [0, 0.05) is 0 Å². The molecule has 3 aromatic rings. The number of hydrazone groups is 2. The van der Waals surface area contributed by atoms with Crippen molar-refractivity contribution in [2.75, 3.05) is 5.01 Å². The predicted molar refractivity (Wildman–Crippen MR) is 119 cm³/mol. The Morgan fingerprint density at radius 3 is 2.26 bits per heavy atom. The first-order valence-corrected chi connectivity index (χ1v) is 9.71. The van der Waals surface area contributed by atoms with Crippen molar-refractivity contribution in [3.8, 4) is 5.75 Å². The standard InChI is InChI=1S/C24H20N4O3/c1-16-21(24(31)28(27-16)18-12-6-3-7-13-18)22(17-10-4-2-5-11-17)25-26-23(30)19-14-8-9-15-20(19)29/h2-15,21,29H,1H3,(H,26,30). The third kappa shape index (κ3) is 4.06. The van der Waals surface area contributed by atoms with Crippen molar-refractivity contribution in [1.29, 1.82) is 0 Å². The first kappa shape index (κ1) is 20.0. The molecule has 3 aromatic carbocycles. The van der Waals surface area contributed by atoms with Crippen molar-refractivity contribution in [2.45, 2.75) is 6.92 Å². The van der Waals surface area contributed by atoms with Crippen LogP contribution in [-0.2, 0) is 4.79 Å². The summed E-state index contributed by atoms with van der Waals surface area (Å²) in [5.41, 5.74) is 4.83. The van der Waals surface area contributed by atoms with Crippen molar-refractivity contribution in [2.24, 2.45) is 16.1 Å². The lowest BCUT2D eigenvalue weighted by atomic mass is 9.92. The average molecular weight is 412 g/mol. The zero-order valence-electron chi connectivity index (χ0n) is 16.8. The molecule has 1 heterocycles. The van der Waals surface area contributed by atoms with E-state index in [9.17, 15) is 14.7 Å². The number of carbonyl (C=O) groups is 2. The first-order valence-electron chi connectivity index (χ1n) is 9.71. The van der Waals surface area contributed by atoms with Gasteiger partial charge < -0.3 is 5.11 Å². The SMILES string of the molecule is CC1=NN(c2ccccc2)C(=O)C1C(=NNC(=O)c1ccccc1O)c1ccccc1. The number of phenols is 1. The van der Waals surface area contributed by atoms with Crippen LogP contribution in [0, 0.1) is 5.92 Å². The summed E-state index contributed by atoms with van der Waals surface area (Å²) in [4.78, 5) is 25.8. The second-order valence-corrected chi connectivity index (χ2v) is 6.98. The molecular weight excluding hydrogens is 392 g/mol. The molecule has 154 valence electrons. The summed E-state index contributed by atoms with van der Waals surface area (Å²) < 4.78 is 0. The third-order valence-corrected chi connectivity index (χ3v) is 4.90. The van der Waals surface area contributed by atoms with Gasteiger partial charge in [0.1, 0.15) is 11.7 Å². The Hall–Kier alpha value is -4.26. The van der Waals surface area contributed by atoms with E-state index >= 15 is 0 Å². The van der Waals surface area contributed by atoms with Crippen LogP contribution >= 0.6 is 0 Å². The van der Waals surface area contributed by atoms with Crippen LogP contribution in [0.4, 0.5) is 5.69 Å². The highest BCUT2D eigenvalue weighted by Gasteiger charge is 2.38. The van der Waals surface area contributed by atoms with E-state index in [1.807, 2.05) is 48.5 Å². The van der Waals surface area contributed by atoms with Crippen LogP contribution < -0.4 is 10.4 Å². The Balaban J connectivity index is 1.69. The van der Waals surface area contributed by atoms with E-state index in [0.717, 1.165) is 0 Å². The summed E-state index contributed by atoms with van der Waals surface area (Å²) in [6.45, 7) is 1.76. The van der Waals surface area contributed by atoms with Gasteiger partial charge in [0.2, 0.25) is 0 Å². The van der Waals surface area contributed by atoms with Gasteiger partial charge >= 0.3 is 0 Å². The summed E-state index contributed by atoms with van der Waals surface area (Å²) in [7, 11) is 0. The van der Waals surface area contributed by atoms with Crippen molar-refractivity contribution in [3.63, 3.8) is 0 Å². The molecule has 7 nitrogen and oxygen atoms in total. The molecule has 0 aromatic heterocycles. The Bertz CT molecular complexity index is 1170. The molecule has 0 saturated carbocycles. The molecule has 0 spiro atoms. The summed E-state index contributed by atoms with van der Waals surface area (Å²) in [5, 5.41) is 20.0. The molecule has 0 bridgehead atoms. The largest absolute Gasteiger partial charge is 0.507 e. The lowest BCUT2D eigenvalue weighted by molar-refractivity contribution is -0.118. The van der Waals surface area contributed by atoms with Crippen molar-refractivity contribution in [3.05, 3.63) is 96.1 Å². The minimum Gasteiger partial charge on any atom is -0.507 e. The van der Waals surface area contributed by atoms with Crippen LogP contribution in [0.5, 0.6) is 5.75 Å². The number of para-hydroxylation sites is 2. The number of benzene rings is 3. The van der Waals surface area contributed by atoms with Gasteiger partial charge in [-0.1, -0.05) is 60.7 Å². The number of phenolic OH excluding ortho intramolecular Hbond substituents is 1. The van der Waals surface area contributed by atoms with Crippen LogP contribution in [0.1, 0.15) is 22.8 Å². The second kappa shape index (κ2) is 8.62. The summed E-state index contributed by atoms with van der Waals surface area (Å²) in [6, 6.07) is 24.5. The predicted octanol–water partition coefficient (Wildman–Crippen LogP) is 3.57. The molecule has 2 N–H and O–H groups in total. The number of carbonyl (C=O) groups excluding carboxylic acids is 2. The highest BCUT2D eigenvalue weighted by Crippen LogP contribution is 2.26. The Kier molecular flexibility index (Phi) is 5.57. The number of anilines is 1. The summed E-state index contributed by atoms with van der Waals surface area (Å²) in [6.07, 6.45) is 0. The lowest BCUT2D eigenvalue weighted by Crippen LogP contribution is -2.35. The highest BCUT2D eigenvalue weighted by molar-refractivity contribution is 6.32. The number of amides is 2. The smallest absolute Gasteiger partial charge is 0.275 e. The molecule has 2 amide bonds. The number of rotatable bonds is 5. The van der Waals surface area contributed by atoms with Gasteiger partial charge in [-0.3, -0.25) is 9.59 Å². The molecule has 31 heavy (non-hydrogen) atoms. The van der Waals surface area contributed by atoms with Gasteiger partial charge in [-0.25, -0.2) is 5.43 Å². The molecule has 0 aliphatic carbocycles. The monoisotopic (exact) mass is 412 g/mol. The quantitative estimate of drug-likeness (QED) is 0.496. The lowest BCUT2D eigenvalue weighted by Gasteiger charge is -2.16. The van der Waals surface area contributed by atoms with Crippen LogP contribution in [0.2, 0.25) is 0 Å². The van der Waals surface area contributed by atoms with Gasteiger partial charge in [-0.2, -0.15) is 15.2 Å². The van der Waals surface area contributed by atoms with Crippen LogP contribution in [0.15, 0.2) is 95.1 Å². The van der Waals surface area contributed by atoms with Gasteiger partial charge in [0.25, 0.3) is 11.8 Å². The van der Waals surface area contributed by atoms with E-state index in [2.05, 4.69) is 15.6 Å². The van der Waals surface area contributed by atoms with Crippen molar-refractivity contribution >= 4 is 28.9 Å². The normalized spacial score (nSPS) is 16.2. The van der Waals surface area contributed by atoms with Crippen LogP contribution in [-0.4, -0.2) is 28.3 Å². The number of nitrogens with one attached hydrogen (secondary N) is 1. The molecule has 1 aliphatic heterocycles. The van der Waals surface area contributed by atoms with E-state index < -0.39 is 11.8 Å². The van der Waals surface area contributed by atoms with Gasteiger partial charge in [0.15, 0.2) is 0 Å². The average Bonchev–Trinajstić information content (AvgIpc) is 3.09. The molecule has 4 rings (SSSR count). The number of nitrogens with zero attached hydrogens (tertiary/aromatic N) is 3. The second-order valence-electron chi connectivity index (χ2n) is 6.98. The molecule has 1 atom stereocenters. The molecule has 1 aliphatic rings. The molecule has 0 radical (unpaired) electrons. The van der Waals surface area contributed by atoms with Crippen LogP contribution in [0.3, 0.4) is 0 Å². The number of hydrogen-bond donors (Lipinski definition) is 2. The minimum absolute atomic E-state index is 0.0905. The zero-order valence-corrected chi connectivity index (χ0v) is 16.8. The first-order chi connectivity index (χ1) is 15.1. The fourth-order valence-electron chi connectivity index (χ4n) is 3.38. The fraction of sp³-hybridized carbons (Fsp3) is 0.0833. The van der Waals surface area contributed by atoms with E-state index in [1.54, 1.807) is 31.2 Å². The fourth-order valence-corrected chi connectivity index (χ4v) is 3.38. The molecular formula is C24H20N4O3. The van der Waals surface area contributed by atoms with Gasteiger partial charge in [-0.15, -0.1) is 0 Å². The van der Waals surface area contributed by atoms with Gasteiger partial charge in [-0.05, 0) is 36.8 Å². The molecule has 0 fully saturated rings. The Morgan fingerprint density at radius 2 is 1.58 bits per heavy atom. The maximum absolute atomic E-state index is 13.3. The van der Waals surface area contributed by atoms with E-state index in [-0.39, 0.29) is 17.2 Å². The van der Waals surface area contributed by atoms with Crippen LogP contribution in [0.25, 0.3) is 0 Å². The van der Waals surface area contributed by atoms with Crippen molar-refractivity contribution < 1.29 is 14.7 Å². The Labute approximate surface area is 179 Å². The summed E-state index contributed by atoms with van der Waals surface area (Å²) >= 11 is 0. The van der Waals surface area contributed by atoms with E-state index in [4.69, 9.17) is 0 Å². The van der Waals surface area contributed by atoms with E-state index in [1.165, 1.54) is 17.1 Å². The number of hydrogen-bond acceptors (Lipinski definition) is 5. The van der Waals surface area contributed by atoms with Crippen molar-refractivity contribution in [1.82, 2.24) is 5.43 Å². The molecule has 7 heteroatoms. The van der Waals surface area contributed by atoms with E-state index in [0.29, 0.717) is 22.7 Å². The highest BCUT2D eigenvalue weighted by atomic mass is 16.3. The topological polar surface area (TPSA) is 94.4 Å². The minimum atomic E-state index is -0.757. The number of aromatic hydroxyl groups is 1. The molecule has 0 saturated heterocycles. The zero-order chi connectivity index (χ0) is 21.8. The molecule has 1 unspecified atom stereocenters. The maximum Gasteiger partial charge on any atom is 0.275 e. The Morgan fingerprint density at radius 1 is 0.968 bits per heavy atom.